The molecule has 0 saturated heterocycles. The normalized spacial score (nSPS) is 10.8. The number of Topliss-reactive ketones (excluding diaryl/α,β-unsaturated/α-hetero) is 1. The van der Waals surface area contributed by atoms with Gasteiger partial charge in [0.2, 0.25) is 0 Å². The Labute approximate surface area is 134 Å². The smallest absolute Gasteiger partial charge is 0.161 e. The van der Waals surface area contributed by atoms with Gasteiger partial charge in [0.25, 0.3) is 0 Å². The van der Waals surface area contributed by atoms with Crippen LogP contribution in [0.5, 0.6) is 0 Å². The summed E-state index contributed by atoms with van der Waals surface area (Å²) in [5.74, 6) is -2.73. The molecule has 0 aliphatic heterocycles. The summed E-state index contributed by atoms with van der Waals surface area (Å²) in [7, 11) is 0. The second-order valence-corrected chi connectivity index (χ2v) is 5.76. The molecule has 0 bridgehead atoms. The van der Waals surface area contributed by atoms with Crippen LogP contribution in [0.4, 0.5) is 13.2 Å². The molecule has 122 valence electrons. The zero-order chi connectivity index (χ0) is 16.8. The average molecular weight is 320 g/mol. The SMILES string of the molecule is CC(=O)Cc1ccc(CCCCc2cc(F)c(F)cc2F)cc1. The molecule has 0 radical (unpaired) electrons. The van der Waals surface area contributed by atoms with E-state index < -0.39 is 17.5 Å². The van der Waals surface area contributed by atoms with Crippen molar-refractivity contribution in [3.8, 4) is 0 Å². The van der Waals surface area contributed by atoms with Crippen LogP contribution in [0.15, 0.2) is 36.4 Å². The van der Waals surface area contributed by atoms with Gasteiger partial charge in [0.05, 0.1) is 0 Å². The van der Waals surface area contributed by atoms with Gasteiger partial charge in [0.15, 0.2) is 11.6 Å². The van der Waals surface area contributed by atoms with E-state index in [-0.39, 0.29) is 11.3 Å². The molecule has 0 heterocycles. The predicted molar refractivity (Wildman–Crippen MR) is 83.8 cm³/mol. The lowest BCUT2D eigenvalue weighted by atomic mass is 10.0. The highest BCUT2D eigenvalue weighted by Gasteiger charge is 2.09. The van der Waals surface area contributed by atoms with E-state index in [0.29, 0.717) is 25.3 Å². The highest BCUT2D eigenvalue weighted by molar-refractivity contribution is 5.78. The van der Waals surface area contributed by atoms with Crippen molar-refractivity contribution in [1.29, 1.82) is 0 Å². The molecule has 0 aromatic heterocycles. The summed E-state index contributed by atoms with van der Waals surface area (Å²) in [5, 5.41) is 0. The first kappa shape index (κ1) is 17.3. The molecule has 0 saturated carbocycles. The van der Waals surface area contributed by atoms with Crippen molar-refractivity contribution in [3.05, 3.63) is 70.5 Å². The van der Waals surface area contributed by atoms with Gasteiger partial charge in [-0.1, -0.05) is 24.3 Å². The van der Waals surface area contributed by atoms with E-state index in [9.17, 15) is 18.0 Å². The number of benzene rings is 2. The van der Waals surface area contributed by atoms with Crippen LogP contribution in [0.25, 0.3) is 0 Å². The van der Waals surface area contributed by atoms with Gasteiger partial charge in [-0.2, -0.15) is 0 Å². The molecule has 0 atom stereocenters. The Morgan fingerprint density at radius 2 is 1.39 bits per heavy atom. The molecule has 23 heavy (non-hydrogen) atoms. The number of carbonyl (C=O) groups is 1. The van der Waals surface area contributed by atoms with Gasteiger partial charge in [-0.3, -0.25) is 4.79 Å². The first-order valence-electron chi connectivity index (χ1n) is 7.66. The molecule has 2 rings (SSSR count). The topological polar surface area (TPSA) is 17.1 Å². The van der Waals surface area contributed by atoms with Crippen LogP contribution in [0.2, 0.25) is 0 Å². The number of unbranched alkanes of at least 4 members (excludes halogenated alkanes) is 1. The van der Waals surface area contributed by atoms with Gasteiger partial charge in [-0.25, -0.2) is 13.2 Å². The van der Waals surface area contributed by atoms with Crippen molar-refractivity contribution < 1.29 is 18.0 Å². The van der Waals surface area contributed by atoms with Crippen molar-refractivity contribution in [2.24, 2.45) is 0 Å². The van der Waals surface area contributed by atoms with Crippen LogP contribution in [-0.2, 0) is 24.1 Å². The van der Waals surface area contributed by atoms with Crippen molar-refractivity contribution in [3.63, 3.8) is 0 Å². The number of hydrogen-bond acceptors (Lipinski definition) is 1. The highest BCUT2D eigenvalue weighted by Crippen LogP contribution is 2.17. The fraction of sp³-hybridized carbons (Fsp3) is 0.316. The maximum Gasteiger partial charge on any atom is 0.161 e. The molecular weight excluding hydrogens is 301 g/mol. The minimum atomic E-state index is -1.16. The van der Waals surface area contributed by atoms with Crippen molar-refractivity contribution in [1.82, 2.24) is 0 Å². The third kappa shape index (κ3) is 5.23. The number of carbonyl (C=O) groups excluding carboxylic acids is 1. The molecule has 0 aliphatic rings. The lowest BCUT2D eigenvalue weighted by Gasteiger charge is -2.06. The molecule has 1 nitrogen and oxygen atoms in total. The second kappa shape index (κ2) is 7.95. The molecule has 0 fully saturated rings. The predicted octanol–water partition coefficient (Wildman–Crippen LogP) is 4.80. The largest absolute Gasteiger partial charge is 0.300 e. The van der Waals surface area contributed by atoms with Crippen LogP contribution in [0.1, 0.15) is 36.5 Å². The van der Waals surface area contributed by atoms with Gasteiger partial charge in [-0.15, -0.1) is 0 Å². The number of rotatable bonds is 7. The van der Waals surface area contributed by atoms with Crippen molar-refractivity contribution >= 4 is 5.78 Å². The molecule has 0 spiro atoms. The molecule has 0 N–H and O–H groups in total. The minimum Gasteiger partial charge on any atom is -0.300 e. The Morgan fingerprint density at radius 3 is 2.04 bits per heavy atom. The van der Waals surface area contributed by atoms with Crippen molar-refractivity contribution in [2.75, 3.05) is 0 Å². The summed E-state index contributed by atoms with van der Waals surface area (Å²) in [6, 6.07) is 9.37. The third-order valence-electron chi connectivity index (χ3n) is 3.73. The molecule has 2 aromatic rings. The van der Waals surface area contributed by atoms with Crippen LogP contribution in [0.3, 0.4) is 0 Å². The standard InChI is InChI=1S/C19H19F3O/c1-13(23)10-15-8-6-14(7-9-15)4-2-3-5-16-11-18(21)19(22)12-17(16)20/h6-9,11-12H,2-5,10H2,1H3. The molecular formula is C19H19F3O. The van der Waals surface area contributed by atoms with Crippen LogP contribution in [0, 0.1) is 17.5 Å². The number of hydrogen-bond donors (Lipinski definition) is 0. The van der Waals surface area contributed by atoms with E-state index in [1.54, 1.807) is 6.92 Å². The zero-order valence-electron chi connectivity index (χ0n) is 13.0. The van der Waals surface area contributed by atoms with Crippen molar-refractivity contribution in [2.45, 2.75) is 39.0 Å². The first-order chi connectivity index (χ1) is 11.0. The maximum absolute atomic E-state index is 13.5. The van der Waals surface area contributed by atoms with Gasteiger partial charge < -0.3 is 0 Å². The van der Waals surface area contributed by atoms with E-state index in [0.717, 1.165) is 30.0 Å². The summed E-state index contributed by atoms with van der Waals surface area (Å²) in [6.07, 6.45) is 3.16. The zero-order valence-corrected chi connectivity index (χ0v) is 13.0. The Kier molecular flexibility index (Phi) is 5.97. The first-order valence-corrected chi connectivity index (χ1v) is 7.66. The summed E-state index contributed by atoms with van der Waals surface area (Å²) in [5.41, 5.74) is 2.34. The Hall–Kier alpha value is -2.10. The lowest BCUT2D eigenvalue weighted by molar-refractivity contribution is -0.116. The number of aryl methyl sites for hydroxylation is 2. The van der Waals surface area contributed by atoms with E-state index in [2.05, 4.69) is 0 Å². The van der Waals surface area contributed by atoms with Gasteiger partial charge in [-0.05, 0) is 55.4 Å². The van der Waals surface area contributed by atoms with Gasteiger partial charge in [0, 0.05) is 12.5 Å². The van der Waals surface area contributed by atoms with Gasteiger partial charge in [0.1, 0.15) is 11.6 Å². The summed E-state index contributed by atoms with van der Waals surface area (Å²) in [6.45, 7) is 1.56. The monoisotopic (exact) mass is 320 g/mol. The number of halogens is 3. The Bertz CT molecular complexity index is 678. The molecule has 0 amide bonds. The quantitative estimate of drug-likeness (QED) is 0.529. The van der Waals surface area contributed by atoms with E-state index >= 15 is 0 Å². The Morgan fingerprint density at radius 1 is 0.826 bits per heavy atom. The lowest BCUT2D eigenvalue weighted by Crippen LogP contribution is -1.97. The Balaban J connectivity index is 1.81. The summed E-state index contributed by atoms with van der Waals surface area (Å²) < 4.78 is 39.4. The molecule has 4 heteroatoms. The van der Waals surface area contributed by atoms with E-state index in [1.807, 2.05) is 24.3 Å². The average Bonchev–Trinajstić information content (AvgIpc) is 2.49. The summed E-state index contributed by atoms with van der Waals surface area (Å²) in [4.78, 5) is 11.0. The van der Waals surface area contributed by atoms with Gasteiger partial charge >= 0.3 is 0 Å². The molecule has 2 aromatic carbocycles. The highest BCUT2D eigenvalue weighted by atomic mass is 19.2. The maximum atomic E-state index is 13.5. The van der Waals surface area contributed by atoms with E-state index in [1.165, 1.54) is 0 Å². The van der Waals surface area contributed by atoms with Crippen LogP contribution < -0.4 is 0 Å². The van der Waals surface area contributed by atoms with E-state index in [4.69, 9.17) is 0 Å². The van der Waals surface area contributed by atoms with Crippen LogP contribution in [-0.4, -0.2) is 5.78 Å². The minimum absolute atomic E-state index is 0.131. The fourth-order valence-corrected chi connectivity index (χ4v) is 2.51. The fourth-order valence-electron chi connectivity index (χ4n) is 2.51. The number of ketones is 1. The molecule has 0 unspecified atom stereocenters. The second-order valence-electron chi connectivity index (χ2n) is 5.76. The van der Waals surface area contributed by atoms with Crippen LogP contribution >= 0.6 is 0 Å². The molecule has 0 aliphatic carbocycles. The summed E-state index contributed by atoms with van der Waals surface area (Å²) >= 11 is 0. The third-order valence-corrected chi connectivity index (χ3v) is 3.73.